The van der Waals surface area contributed by atoms with E-state index in [2.05, 4.69) is 4.98 Å². The lowest BCUT2D eigenvalue weighted by atomic mass is 9.94. The van der Waals surface area contributed by atoms with E-state index in [1.807, 2.05) is 29.8 Å². The van der Waals surface area contributed by atoms with E-state index >= 15 is 0 Å². The number of imidazole rings is 1. The van der Waals surface area contributed by atoms with Crippen LogP contribution in [0.2, 0.25) is 0 Å². The molecule has 0 saturated carbocycles. The molecule has 2 heterocycles. The van der Waals surface area contributed by atoms with E-state index in [9.17, 15) is 14.7 Å². The molecule has 8 heteroatoms. The number of carbonyl (C=O) groups excluding carboxylic acids is 2. The summed E-state index contributed by atoms with van der Waals surface area (Å²) in [4.78, 5) is 31.9. The summed E-state index contributed by atoms with van der Waals surface area (Å²) in [5, 5.41) is 11.2. The predicted octanol–water partition coefficient (Wildman–Crippen LogP) is 3.72. The Bertz CT molecular complexity index is 1220. The molecule has 2 aromatic carbocycles. The number of rotatable bonds is 8. The molecule has 1 unspecified atom stereocenters. The van der Waals surface area contributed by atoms with Crippen molar-refractivity contribution in [3.8, 4) is 11.5 Å². The highest BCUT2D eigenvalue weighted by Crippen LogP contribution is 2.45. The summed E-state index contributed by atoms with van der Waals surface area (Å²) >= 11 is 0. The van der Waals surface area contributed by atoms with Crippen LogP contribution in [0, 0.1) is 6.92 Å². The molecule has 1 saturated heterocycles. The van der Waals surface area contributed by atoms with E-state index in [-0.39, 0.29) is 11.3 Å². The Hall–Kier alpha value is -4.07. The minimum Gasteiger partial charge on any atom is -0.507 e. The molecule has 176 valence electrons. The number of methoxy groups -OCH3 is 2. The van der Waals surface area contributed by atoms with E-state index in [1.165, 1.54) is 19.1 Å². The number of carbonyl (C=O) groups is 2. The van der Waals surface area contributed by atoms with Gasteiger partial charge in [0.1, 0.15) is 5.76 Å². The third-order valence-corrected chi connectivity index (χ3v) is 5.97. The molecule has 0 aliphatic carbocycles. The van der Waals surface area contributed by atoms with Crippen LogP contribution in [0.1, 0.15) is 29.2 Å². The predicted molar refractivity (Wildman–Crippen MR) is 127 cm³/mol. The van der Waals surface area contributed by atoms with E-state index in [0.29, 0.717) is 42.1 Å². The van der Waals surface area contributed by atoms with Gasteiger partial charge in [0.25, 0.3) is 11.7 Å². The standard InChI is InChI=1S/C26H27N3O5/c1-17-8-10-18(11-9-17)23(30)21-22(19-6-4-7-20(33-2)25(19)34-3)29(26(32)24(21)31)14-5-13-28-15-12-27-16-28/h4,6-12,15-16,22,30H,5,13-14H2,1-3H3/b23-21-. The number of aliphatic hydroxyl groups excluding tert-OH is 1. The molecule has 0 radical (unpaired) electrons. The van der Waals surface area contributed by atoms with Gasteiger partial charge in [0, 0.05) is 36.6 Å². The van der Waals surface area contributed by atoms with E-state index in [0.717, 1.165) is 5.56 Å². The van der Waals surface area contributed by atoms with Crippen molar-refractivity contribution in [3.05, 3.63) is 83.4 Å². The fourth-order valence-electron chi connectivity index (χ4n) is 4.27. The van der Waals surface area contributed by atoms with Crippen LogP contribution < -0.4 is 9.47 Å². The molecule has 1 atom stereocenters. The quantitative estimate of drug-likeness (QED) is 0.312. The van der Waals surface area contributed by atoms with Gasteiger partial charge in [-0.3, -0.25) is 9.59 Å². The monoisotopic (exact) mass is 461 g/mol. The maximum Gasteiger partial charge on any atom is 0.295 e. The SMILES string of the molecule is COc1cccc(C2/C(=C(/O)c3ccc(C)cc3)C(=O)C(=O)N2CCCn2ccnc2)c1OC. The normalized spacial score (nSPS) is 17.3. The van der Waals surface area contributed by atoms with Crippen molar-refractivity contribution < 1.29 is 24.2 Å². The van der Waals surface area contributed by atoms with Crippen molar-refractivity contribution in [2.45, 2.75) is 25.9 Å². The number of Topliss-reactive ketones (excluding diaryl/α,β-unsaturated/α-hetero) is 1. The fourth-order valence-corrected chi connectivity index (χ4v) is 4.27. The summed E-state index contributed by atoms with van der Waals surface area (Å²) in [6.45, 7) is 2.87. The lowest BCUT2D eigenvalue weighted by Crippen LogP contribution is -2.31. The summed E-state index contributed by atoms with van der Waals surface area (Å²) in [5.41, 5.74) is 2.08. The second-order valence-corrected chi connectivity index (χ2v) is 8.10. The van der Waals surface area contributed by atoms with Crippen LogP contribution in [0.3, 0.4) is 0 Å². The first-order chi connectivity index (χ1) is 16.5. The summed E-state index contributed by atoms with van der Waals surface area (Å²) in [6, 6.07) is 11.6. The van der Waals surface area contributed by atoms with Crippen LogP contribution in [0.5, 0.6) is 11.5 Å². The number of aliphatic hydroxyl groups is 1. The molecule has 1 aliphatic heterocycles. The van der Waals surface area contributed by atoms with Gasteiger partial charge >= 0.3 is 0 Å². The van der Waals surface area contributed by atoms with Gasteiger partial charge in [-0.25, -0.2) is 4.98 Å². The number of para-hydroxylation sites is 1. The average molecular weight is 462 g/mol. The number of aromatic nitrogens is 2. The van der Waals surface area contributed by atoms with Crippen LogP contribution in [-0.2, 0) is 16.1 Å². The Kier molecular flexibility index (Phi) is 6.67. The highest BCUT2D eigenvalue weighted by Gasteiger charge is 2.47. The van der Waals surface area contributed by atoms with Gasteiger partial charge in [0.2, 0.25) is 0 Å². The number of hydrogen-bond acceptors (Lipinski definition) is 6. The molecule has 0 bridgehead atoms. The molecule has 8 nitrogen and oxygen atoms in total. The number of hydrogen-bond donors (Lipinski definition) is 1. The largest absolute Gasteiger partial charge is 0.507 e. The Morgan fingerprint density at radius 3 is 2.47 bits per heavy atom. The third-order valence-electron chi connectivity index (χ3n) is 5.97. The molecule has 1 aromatic heterocycles. The lowest BCUT2D eigenvalue weighted by Gasteiger charge is -2.27. The average Bonchev–Trinajstić information content (AvgIpc) is 3.45. The Balaban J connectivity index is 1.81. The van der Waals surface area contributed by atoms with Gasteiger partial charge in [0.05, 0.1) is 32.2 Å². The molecule has 0 spiro atoms. The number of nitrogens with zero attached hydrogens (tertiary/aromatic N) is 3. The minimum atomic E-state index is -0.825. The van der Waals surface area contributed by atoms with Crippen LogP contribution in [0.4, 0.5) is 0 Å². The summed E-state index contributed by atoms with van der Waals surface area (Å²) in [5.74, 6) is -0.722. The second-order valence-electron chi connectivity index (χ2n) is 8.10. The summed E-state index contributed by atoms with van der Waals surface area (Å²) in [7, 11) is 3.03. The maximum atomic E-state index is 13.2. The number of aryl methyl sites for hydroxylation is 2. The van der Waals surface area contributed by atoms with Gasteiger partial charge in [-0.15, -0.1) is 0 Å². The fraction of sp³-hybridized carbons (Fsp3) is 0.269. The summed E-state index contributed by atoms with van der Waals surface area (Å²) in [6.07, 6.45) is 5.83. The second kappa shape index (κ2) is 9.82. The number of likely N-dealkylation sites (tertiary alicyclic amines) is 1. The first-order valence-electron chi connectivity index (χ1n) is 11.0. The van der Waals surface area contributed by atoms with Crippen molar-refractivity contribution in [3.63, 3.8) is 0 Å². The minimum absolute atomic E-state index is 0.0306. The van der Waals surface area contributed by atoms with Crippen molar-refractivity contribution in [1.29, 1.82) is 0 Å². The molecular weight excluding hydrogens is 434 g/mol. The zero-order chi connectivity index (χ0) is 24.2. The molecular formula is C26H27N3O5. The lowest BCUT2D eigenvalue weighted by molar-refractivity contribution is -0.140. The van der Waals surface area contributed by atoms with E-state index < -0.39 is 17.7 Å². The van der Waals surface area contributed by atoms with Crippen LogP contribution >= 0.6 is 0 Å². The Morgan fingerprint density at radius 2 is 1.82 bits per heavy atom. The van der Waals surface area contributed by atoms with Crippen molar-refractivity contribution in [1.82, 2.24) is 14.5 Å². The zero-order valence-corrected chi connectivity index (χ0v) is 19.4. The number of ether oxygens (including phenoxy) is 2. The number of amides is 1. The van der Waals surface area contributed by atoms with Crippen molar-refractivity contribution in [2.24, 2.45) is 0 Å². The van der Waals surface area contributed by atoms with E-state index in [1.54, 1.807) is 42.9 Å². The molecule has 1 N–H and O–H groups in total. The molecule has 34 heavy (non-hydrogen) atoms. The molecule has 1 amide bonds. The Labute approximate surface area is 198 Å². The topological polar surface area (TPSA) is 93.9 Å². The zero-order valence-electron chi connectivity index (χ0n) is 19.4. The highest BCUT2D eigenvalue weighted by molar-refractivity contribution is 6.46. The first kappa shape index (κ1) is 23.1. The van der Waals surface area contributed by atoms with Crippen molar-refractivity contribution >= 4 is 17.4 Å². The van der Waals surface area contributed by atoms with E-state index in [4.69, 9.17) is 9.47 Å². The van der Waals surface area contributed by atoms with Gasteiger partial charge in [0.15, 0.2) is 11.5 Å². The van der Waals surface area contributed by atoms with Crippen molar-refractivity contribution in [2.75, 3.05) is 20.8 Å². The van der Waals surface area contributed by atoms with Crippen LogP contribution in [0.15, 0.2) is 66.8 Å². The summed E-state index contributed by atoms with van der Waals surface area (Å²) < 4.78 is 13.0. The number of benzene rings is 2. The van der Waals surface area contributed by atoms with Crippen LogP contribution in [0.25, 0.3) is 5.76 Å². The molecule has 1 fully saturated rings. The van der Waals surface area contributed by atoms with Gasteiger partial charge < -0.3 is 24.0 Å². The number of ketones is 1. The molecule has 1 aliphatic rings. The van der Waals surface area contributed by atoms with Gasteiger partial charge in [-0.05, 0) is 19.4 Å². The molecule has 3 aromatic rings. The third kappa shape index (κ3) is 4.26. The van der Waals surface area contributed by atoms with Gasteiger partial charge in [-0.1, -0.05) is 42.0 Å². The first-order valence-corrected chi connectivity index (χ1v) is 11.0. The van der Waals surface area contributed by atoms with Gasteiger partial charge in [-0.2, -0.15) is 0 Å². The molecule has 4 rings (SSSR count). The maximum absolute atomic E-state index is 13.2. The highest BCUT2D eigenvalue weighted by atomic mass is 16.5. The smallest absolute Gasteiger partial charge is 0.295 e. The Morgan fingerprint density at radius 1 is 1.06 bits per heavy atom. The van der Waals surface area contributed by atoms with Crippen LogP contribution in [-0.4, -0.2) is 52.0 Å².